The minimum absolute atomic E-state index is 0.0121. The number of thiophene rings is 1. The van der Waals surface area contributed by atoms with E-state index in [0.29, 0.717) is 30.8 Å². The van der Waals surface area contributed by atoms with Gasteiger partial charge >= 0.3 is 0 Å². The molecule has 1 aliphatic carbocycles. The number of halogens is 1. The van der Waals surface area contributed by atoms with Crippen LogP contribution in [0.15, 0.2) is 46.9 Å². The molecule has 2 aromatic rings. The molecule has 1 saturated carbocycles. The van der Waals surface area contributed by atoms with Gasteiger partial charge in [-0.1, -0.05) is 37.1 Å². The van der Waals surface area contributed by atoms with Gasteiger partial charge in [-0.15, -0.1) is 11.3 Å². The predicted molar refractivity (Wildman–Crippen MR) is 122 cm³/mol. The van der Waals surface area contributed by atoms with E-state index in [9.17, 15) is 14.0 Å². The van der Waals surface area contributed by atoms with Crippen molar-refractivity contribution in [3.05, 3.63) is 58.0 Å². The molecule has 32 heavy (non-hydrogen) atoms. The highest BCUT2D eigenvalue weighted by molar-refractivity contribution is 7.10. The van der Waals surface area contributed by atoms with Crippen LogP contribution in [0, 0.1) is 11.7 Å². The van der Waals surface area contributed by atoms with Crippen molar-refractivity contribution >= 4 is 28.9 Å². The van der Waals surface area contributed by atoms with E-state index in [0.717, 1.165) is 30.6 Å². The predicted octanol–water partition coefficient (Wildman–Crippen LogP) is 4.23. The van der Waals surface area contributed by atoms with Crippen molar-refractivity contribution in [3.8, 4) is 0 Å². The van der Waals surface area contributed by atoms with Gasteiger partial charge in [0.1, 0.15) is 12.4 Å². The maximum absolute atomic E-state index is 14.4. The normalized spacial score (nSPS) is 18.8. The van der Waals surface area contributed by atoms with Crippen molar-refractivity contribution in [3.63, 3.8) is 0 Å². The lowest BCUT2D eigenvalue weighted by Crippen LogP contribution is -2.44. The number of amides is 2. The lowest BCUT2D eigenvalue weighted by molar-refractivity contribution is -0.144. The molecule has 1 aliphatic heterocycles. The molecular formula is C24H28FN3O3S. The Bertz CT molecular complexity index is 973. The molecule has 2 aliphatic rings. The zero-order chi connectivity index (χ0) is 22.5. The lowest BCUT2D eigenvalue weighted by Gasteiger charge is -2.28. The van der Waals surface area contributed by atoms with Crippen LogP contribution in [0.1, 0.15) is 48.6 Å². The number of carbonyl (C=O) groups excluding carboxylic acids is 2. The summed E-state index contributed by atoms with van der Waals surface area (Å²) in [5.41, 5.74) is 0.947. The molecule has 0 N–H and O–H groups in total. The summed E-state index contributed by atoms with van der Waals surface area (Å²) in [7, 11) is 1.58. The van der Waals surface area contributed by atoms with Crippen LogP contribution >= 0.6 is 11.3 Å². The largest absolute Gasteiger partial charge is 0.383 e. The van der Waals surface area contributed by atoms with Crippen molar-refractivity contribution in [2.24, 2.45) is 11.0 Å². The van der Waals surface area contributed by atoms with E-state index >= 15 is 0 Å². The molecule has 8 heteroatoms. The van der Waals surface area contributed by atoms with E-state index in [1.165, 1.54) is 11.1 Å². The number of hydrogen-bond acceptors (Lipinski definition) is 5. The van der Waals surface area contributed by atoms with Crippen molar-refractivity contribution < 1.29 is 18.7 Å². The molecule has 1 aromatic carbocycles. The zero-order valence-electron chi connectivity index (χ0n) is 18.2. The summed E-state index contributed by atoms with van der Waals surface area (Å²) in [6, 6.07) is 10.1. The van der Waals surface area contributed by atoms with E-state index < -0.39 is 0 Å². The van der Waals surface area contributed by atoms with Gasteiger partial charge < -0.3 is 9.64 Å². The second-order valence-electron chi connectivity index (χ2n) is 8.23. The molecule has 2 amide bonds. The summed E-state index contributed by atoms with van der Waals surface area (Å²) < 4.78 is 19.6. The zero-order valence-corrected chi connectivity index (χ0v) is 19.0. The number of benzene rings is 1. The Balaban J connectivity index is 1.57. The maximum atomic E-state index is 14.4. The third kappa shape index (κ3) is 4.91. The average Bonchev–Trinajstić information content (AvgIpc) is 3.57. The minimum atomic E-state index is -0.358. The summed E-state index contributed by atoms with van der Waals surface area (Å²) in [4.78, 5) is 29.0. The number of hydrazone groups is 1. The molecule has 2 heterocycles. The monoisotopic (exact) mass is 457 g/mol. The first-order chi connectivity index (χ1) is 15.6. The van der Waals surface area contributed by atoms with Crippen LogP contribution in [0.3, 0.4) is 0 Å². The standard InChI is InChI=1S/C24H28FN3O3S/c1-31-13-12-27(24(30)17-7-2-3-8-17)16-23(29)28-21(22-11-6-14-32-22)15-20(26-28)18-9-4-5-10-19(18)25/h4-6,9-11,14,17,21H,2-3,7-8,12-13,15-16H2,1H3/t21-/m1/s1. The van der Waals surface area contributed by atoms with Gasteiger partial charge in [-0.3, -0.25) is 9.59 Å². The first-order valence-corrected chi connectivity index (χ1v) is 11.9. The van der Waals surface area contributed by atoms with Crippen LogP contribution < -0.4 is 0 Å². The summed E-state index contributed by atoms with van der Waals surface area (Å²) >= 11 is 1.54. The van der Waals surface area contributed by atoms with Crippen LogP contribution in [0.4, 0.5) is 4.39 Å². The molecule has 0 radical (unpaired) electrons. The molecule has 1 atom stereocenters. The molecule has 1 fully saturated rings. The van der Waals surface area contributed by atoms with Crippen LogP contribution in [0.5, 0.6) is 0 Å². The molecule has 0 bridgehead atoms. The highest BCUT2D eigenvalue weighted by Crippen LogP contribution is 2.36. The summed E-state index contributed by atoms with van der Waals surface area (Å²) in [5.74, 6) is -0.636. The SMILES string of the molecule is COCCN(CC(=O)N1N=C(c2ccccc2F)C[C@@H]1c1cccs1)C(=O)C1CCCC1. The van der Waals surface area contributed by atoms with Crippen LogP contribution in [-0.4, -0.2) is 54.2 Å². The third-order valence-electron chi connectivity index (χ3n) is 6.13. The van der Waals surface area contributed by atoms with E-state index in [2.05, 4.69) is 5.10 Å². The number of nitrogens with zero attached hydrogens (tertiary/aromatic N) is 3. The number of rotatable bonds is 8. The molecular weight excluding hydrogens is 429 g/mol. The molecule has 0 unspecified atom stereocenters. The second kappa shape index (κ2) is 10.4. The highest BCUT2D eigenvalue weighted by Gasteiger charge is 2.36. The van der Waals surface area contributed by atoms with Crippen LogP contribution in [0.2, 0.25) is 0 Å². The highest BCUT2D eigenvalue weighted by atomic mass is 32.1. The van der Waals surface area contributed by atoms with Gasteiger partial charge in [-0.25, -0.2) is 9.40 Å². The molecule has 6 nitrogen and oxygen atoms in total. The first-order valence-electron chi connectivity index (χ1n) is 11.0. The topological polar surface area (TPSA) is 62.2 Å². The van der Waals surface area contributed by atoms with Gasteiger partial charge in [0.15, 0.2) is 0 Å². The molecule has 0 saturated heterocycles. The lowest BCUT2D eigenvalue weighted by atomic mass is 10.0. The Morgan fingerprint density at radius 1 is 1.22 bits per heavy atom. The van der Waals surface area contributed by atoms with E-state index in [1.54, 1.807) is 41.5 Å². The van der Waals surface area contributed by atoms with Gasteiger partial charge in [0.25, 0.3) is 5.91 Å². The van der Waals surface area contributed by atoms with E-state index in [-0.39, 0.29) is 36.1 Å². The van der Waals surface area contributed by atoms with Crippen molar-refractivity contribution in [1.29, 1.82) is 0 Å². The summed E-state index contributed by atoms with van der Waals surface area (Å²) in [5, 5.41) is 7.94. The van der Waals surface area contributed by atoms with Gasteiger partial charge in [0, 0.05) is 36.4 Å². The number of hydrogen-bond donors (Lipinski definition) is 0. The maximum Gasteiger partial charge on any atom is 0.262 e. The number of carbonyl (C=O) groups is 2. The van der Waals surface area contributed by atoms with Gasteiger partial charge in [0.05, 0.1) is 18.4 Å². The molecule has 4 rings (SSSR count). The Labute approximate surface area is 191 Å². The average molecular weight is 458 g/mol. The van der Waals surface area contributed by atoms with Crippen molar-refractivity contribution in [2.75, 3.05) is 26.8 Å². The second-order valence-corrected chi connectivity index (χ2v) is 9.21. The quantitative estimate of drug-likeness (QED) is 0.596. The fourth-order valence-corrected chi connectivity index (χ4v) is 5.25. The summed E-state index contributed by atoms with van der Waals surface area (Å²) in [6.45, 7) is 0.664. The Kier molecular flexibility index (Phi) is 7.32. The summed E-state index contributed by atoms with van der Waals surface area (Å²) in [6.07, 6.45) is 4.26. The molecule has 170 valence electrons. The Morgan fingerprint density at radius 2 is 2.00 bits per heavy atom. The Morgan fingerprint density at radius 3 is 2.69 bits per heavy atom. The Hall–Kier alpha value is -2.58. The minimum Gasteiger partial charge on any atom is -0.383 e. The fourth-order valence-electron chi connectivity index (χ4n) is 4.44. The smallest absolute Gasteiger partial charge is 0.262 e. The van der Waals surface area contributed by atoms with Crippen LogP contribution in [-0.2, 0) is 14.3 Å². The fraction of sp³-hybridized carbons (Fsp3) is 0.458. The van der Waals surface area contributed by atoms with E-state index in [1.807, 2.05) is 17.5 Å². The number of methoxy groups -OCH3 is 1. The molecule has 1 aromatic heterocycles. The van der Waals surface area contributed by atoms with Crippen LogP contribution in [0.25, 0.3) is 0 Å². The van der Waals surface area contributed by atoms with Gasteiger partial charge in [-0.2, -0.15) is 5.10 Å². The van der Waals surface area contributed by atoms with Gasteiger partial charge in [0.2, 0.25) is 5.91 Å². The van der Waals surface area contributed by atoms with E-state index in [4.69, 9.17) is 4.74 Å². The number of ether oxygens (including phenoxy) is 1. The first kappa shape index (κ1) is 22.6. The van der Waals surface area contributed by atoms with Crippen molar-refractivity contribution in [2.45, 2.75) is 38.1 Å². The molecule has 0 spiro atoms. The third-order valence-corrected chi connectivity index (χ3v) is 7.10. The van der Waals surface area contributed by atoms with Gasteiger partial charge in [-0.05, 0) is 30.4 Å². The van der Waals surface area contributed by atoms with Crippen molar-refractivity contribution in [1.82, 2.24) is 9.91 Å².